The summed E-state index contributed by atoms with van der Waals surface area (Å²) in [5.74, 6) is 0. The molecule has 1 fully saturated rings. The summed E-state index contributed by atoms with van der Waals surface area (Å²) in [5, 5.41) is 3.21. The van der Waals surface area contributed by atoms with Gasteiger partial charge in [0.2, 0.25) is 0 Å². The molecule has 5 heteroatoms. The van der Waals surface area contributed by atoms with Crippen LogP contribution in [0.2, 0.25) is 0 Å². The first-order chi connectivity index (χ1) is 6.08. The highest BCUT2D eigenvalue weighted by atomic mass is 32.4. The zero-order chi connectivity index (χ0) is 9.73. The molecule has 0 amide bonds. The SMILES string of the molecule is NP(N)(=S)NC1CCCCCCC1. The Labute approximate surface area is 85.8 Å². The van der Waals surface area contributed by atoms with Crippen LogP contribution >= 0.6 is 6.49 Å². The van der Waals surface area contributed by atoms with Crippen LogP contribution in [0.5, 0.6) is 0 Å². The van der Waals surface area contributed by atoms with Gasteiger partial charge in [-0.25, -0.2) is 0 Å². The van der Waals surface area contributed by atoms with Gasteiger partial charge in [0, 0.05) is 6.04 Å². The number of hydrogen-bond acceptors (Lipinski definition) is 1. The molecule has 0 aromatic rings. The van der Waals surface area contributed by atoms with E-state index in [2.05, 4.69) is 5.09 Å². The van der Waals surface area contributed by atoms with Crippen molar-refractivity contribution in [2.75, 3.05) is 0 Å². The van der Waals surface area contributed by atoms with Crippen LogP contribution in [0, 0.1) is 0 Å². The molecule has 1 saturated carbocycles. The highest BCUT2D eigenvalue weighted by Crippen LogP contribution is 2.25. The van der Waals surface area contributed by atoms with E-state index in [9.17, 15) is 0 Å². The van der Waals surface area contributed by atoms with Gasteiger partial charge in [-0.05, 0) is 24.6 Å². The first-order valence-electron chi connectivity index (χ1n) is 5.03. The zero-order valence-corrected chi connectivity index (χ0v) is 9.75. The normalized spacial score (nSPS) is 22.3. The third-order valence-corrected chi connectivity index (χ3v) is 3.57. The fraction of sp³-hybridized carbons (Fsp3) is 1.00. The lowest BCUT2D eigenvalue weighted by Gasteiger charge is -2.24. The molecule has 5 N–H and O–H groups in total. The van der Waals surface area contributed by atoms with Crippen molar-refractivity contribution in [3.05, 3.63) is 0 Å². The van der Waals surface area contributed by atoms with E-state index in [4.69, 9.17) is 22.8 Å². The molecule has 13 heavy (non-hydrogen) atoms. The standard InChI is InChI=1S/C8H20N3PS/c9-12(10,13)11-8-6-4-2-1-3-5-7-8/h8H,1-7H2,(H5,9,10,11,13). The van der Waals surface area contributed by atoms with Crippen LogP contribution in [-0.2, 0) is 11.8 Å². The summed E-state index contributed by atoms with van der Waals surface area (Å²) in [6.45, 7) is -2.18. The van der Waals surface area contributed by atoms with Crippen LogP contribution in [0.15, 0.2) is 0 Å². The molecule has 1 aliphatic carbocycles. The Morgan fingerprint density at radius 2 is 1.46 bits per heavy atom. The maximum atomic E-state index is 5.65. The third-order valence-electron chi connectivity index (χ3n) is 2.49. The van der Waals surface area contributed by atoms with Crippen LogP contribution in [-0.4, -0.2) is 6.04 Å². The van der Waals surface area contributed by atoms with E-state index in [1.807, 2.05) is 0 Å². The molecule has 0 aromatic carbocycles. The van der Waals surface area contributed by atoms with Gasteiger partial charge in [0.1, 0.15) is 6.49 Å². The highest BCUT2D eigenvalue weighted by molar-refractivity contribution is 8.11. The lowest BCUT2D eigenvalue weighted by atomic mass is 9.97. The Morgan fingerprint density at radius 1 is 1.00 bits per heavy atom. The van der Waals surface area contributed by atoms with Gasteiger partial charge in [-0.3, -0.25) is 16.1 Å². The molecule has 0 bridgehead atoms. The van der Waals surface area contributed by atoms with Gasteiger partial charge in [0.25, 0.3) is 0 Å². The summed E-state index contributed by atoms with van der Waals surface area (Å²) in [6, 6.07) is 0.473. The quantitative estimate of drug-likeness (QED) is 0.622. The molecule has 0 unspecified atom stereocenters. The lowest BCUT2D eigenvalue weighted by Crippen LogP contribution is -2.32. The first-order valence-corrected chi connectivity index (χ1v) is 7.97. The van der Waals surface area contributed by atoms with Crippen molar-refractivity contribution in [1.82, 2.24) is 5.09 Å². The van der Waals surface area contributed by atoms with Crippen molar-refractivity contribution in [3.8, 4) is 0 Å². The fourth-order valence-corrected chi connectivity index (χ4v) is 3.15. The van der Waals surface area contributed by atoms with E-state index in [1.165, 1.54) is 44.9 Å². The van der Waals surface area contributed by atoms with Gasteiger partial charge in [0.05, 0.1) is 0 Å². The second-order valence-electron chi connectivity index (χ2n) is 3.88. The van der Waals surface area contributed by atoms with Crippen molar-refractivity contribution >= 4 is 18.3 Å². The molecule has 78 valence electrons. The summed E-state index contributed by atoms with van der Waals surface area (Å²) >= 11 is 5.00. The maximum absolute atomic E-state index is 5.65. The molecule has 0 atom stereocenters. The molecule has 0 aromatic heterocycles. The Kier molecular flexibility index (Phi) is 4.84. The summed E-state index contributed by atoms with van der Waals surface area (Å²) < 4.78 is 0. The predicted molar refractivity (Wildman–Crippen MR) is 61.9 cm³/mol. The van der Waals surface area contributed by atoms with Crippen molar-refractivity contribution in [3.63, 3.8) is 0 Å². The summed E-state index contributed by atoms with van der Waals surface area (Å²) in [4.78, 5) is 0. The second kappa shape index (κ2) is 5.42. The van der Waals surface area contributed by atoms with Crippen molar-refractivity contribution < 1.29 is 0 Å². The number of hydrogen-bond donors (Lipinski definition) is 3. The van der Waals surface area contributed by atoms with E-state index >= 15 is 0 Å². The molecule has 0 saturated heterocycles. The Balaban J connectivity index is 2.33. The van der Waals surface area contributed by atoms with Crippen molar-refractivity contribution in [2.24, 2.45) is 11.0 Å². The Hall–Kier alpha value is 0.530. The molecule has 1 aliphatic rings. The van der Waals surface area contributed by atoms with Gasteiger partial charge in [-0.1, -0.05) is 32.1 Å². The molecular formula is C8H20N3PS. The predicted octanol–water partition coefficient (Wildman–Crippen LogP) is 1.83. The maximum Gasteiger partial charge on any atom is 0.132 e. The summed E-state index contributed by atoms with van der Waals surface area (Å²) in [5.41, 5.74) is 11.3. The summed E-state index contributed by atoms with van der Waals surface area (Å²) in [7, 11) is 0. The van der Waals surface area contributed by atoms with Crippen LogP contribution in [0.25, 0.3) is 0 Å². The number of rotatable bonds is 2. The minimum Gasteiger partial charge on any atom is -0.280 e. The average Bonchev–Trinajstić information content (AvgIpc) is 1.92. The number of nitrogens with one attached hydrogen (secondary N) is 1. The monoisotopic (exact) mass is 221 g/mol. The van der Waals surface area contributed by atoms with Crippen LogP contribution in [0.4, 0.5) is 0 Å². The molecule has 0 aliphatic heterocycles. The van der Waals surface area contributed by atoms with E-state index < -0.39 is 6.49 Å². The number of nitrogens with two attached hydrogens (primary N) is 2. The topological polar surface area (TPSA) is 64.1 Å². The Bertz CT molecular complexity index is 184. The van der Waals surface area contributed by atoms with Crippen LogP contribution < -0.4 is 16.1 Å². The molecule has 1 rings (SSSR count). The smallest absolute Gasteiger partial charge is 0.132 e. The second-order valence-corrected chi connectivity index (χ2v) is 7.37. The fourth-order valence-electron chi connectivity index (χ4n) is 1.87. The van der Waals surface area contributed by atoms with Gasteiger partial charge in [-0.2, -0.15) is 0 Å². The van der Waals surface area contributed by atoms with E-state index in [-0.39, 0.29) is 0 Å². The molecule has 0 heterocycles. The average molecular weight is 221 g/mol. The van der Waals surface area contributed by atoms with E-state index in [0.717, 1.165) is 0 Å². The van der Waals surface area contributed by atoms with E-state index in [1.54, 1.807) is 0 Å². The van der Waals surface area contributed by atoms with Crippen LogP contribution in [0.3, 0.4) is 0 Å². The van der Waals surface area contributed by atoms with Crippen molar-refractivity contribution in [2.45, 2.75) is 51.0 Å². The van der Waals surface area contributed by atoms with Gasteiger partial charge in [-0.15, -0.1) is 0 Å². The zero-order valence-electron chi connectivity index (χ0n) is 8.04. The van der Waals surface area contributed by atoms with Gasteiger partial charge < -0.3 is 0 Å². The first kappa shape index (κ1) is 11.6. The molecule has 3 nitrogen and oxygen atoms in total. The largest absolute Gasteiger partial charge is 0.280 e. The summed E-state index contributed by atoms with van der Waals surface area (Å²) in [6.07, 6.45) is 9.01. The minimum atomic E-state index is -2.18. The molecular weight excluding hydrogens is 201 g/mol. The van der Waals surface area contributed by atoms with E-state index in [0.29, 0.717) is 6.04 Å². The third kappa shape index (κ3) is 5.76. The minimum absolute atomic E-state index is 0.473. The van der Waals surface area contributed by atoms with Gasteiger partial charge >= 0.3 is 0 Å². The van der Waals surface area contributed by atoms with Crippen molar-refractivity contribution in [1.29, 1.82) is 0 Å². The lowest BCUT2D eigenvalue weighted by molar-refractivity contribution is 0.435. The molecule has 0 spiro atoms. The van der Waals surface area contributed by atoms with Gasteiger partial charge in [0.15, 0.2) is 0 Å². The Morgan fingerprint density at radius 3 is 1.92 bits per heavy atom. The highest BCUT2D eigenvalue weighted by Gasteiger charge is 2.14. The van der Waals surface area contributed by atoms with Crippen LogP contribution in [0.1, 0.15) is 44.9 Å². The molecule has 0 radical (unpaired) electrons.